The number of nitrogens with zero attached hydrogens (tertiary/aromatic N) is 1. The molecule has 1 heterocycles. The predicted octanol–water partition coefficient (Wildman–Crippen LogP) is 2.83. The maximum atomic E-state index is 12.5. The Labute approximate surface area is 115 Å². The summed E-state index contributed by atoms with van der Waals surface area (Å²) in [6.07, 6.45) is -3.65. The summed E-state index contributed by atoms with van der Waals surface area (Å²) in [5.74, 6) is -1.79. The van der Waals surface area contributed by atoms with Crippen LogP contribution in [-0.4, -0.2) is 36.1 Å². The number of benzene rings is 1. The molecule has 0 saturated carbocycles. The maximum Gasteiger partial charge on any atom is 0.416 e. The summed E-state index contributed by atoms with van der Waals surface area (Å²) in [6, 6.07) is 4.45. The van der Waals surface area contributed by atoms with Crippen molar-refractivity contribution in [1.82, 2.24) is 4.90 Å². The van der Waals surface area contributed by atoms with Gasteiger partial charge in [0.05, 0.1) is 11.5 Å². The average molecular weight is 287 g/mol. The molecule has 110 valence electrons. The lowest BCUT2D eigenvalue weighted by molar-refractivity contribution is -0.140. The molecular weight excluding hydrogens is 271 g/mol. The van der Waals surface area contributed by atoms with Crippen LogP contribution >= 0.6 is 0 Å². The Bertz CT molecular complexity index is 484. The van der Waals surface area contributed by atoms with E-state index in [-0.39, 0.29) is 5.92 Å². The van der Waals surface area contributed by atoms with E-state index in [4.69, 9.17) is 0 Å². The van der Waals surface area contributed by atoms with E-state index in [0.29, 0.717) is 12.1 Å². The van der Waals surface area contributed by atoms with Gasteiger partial charge in [-0.05, 0) is 43.6 Å². The van der Waals surface area contributed by atoms with Crippen molar-refractivity contribution < 1.29 is 23.1 Å². The molecular formula is C14H16F3NO2. The van der Waals surface area contributed by atoms with Crippen molar-refractivity contribution >= 4 is 5.97 Å². The van der Waals surface area contributed by atoms with Crippen molar-refractivity contribution in [2.45, 2.75) is 18.5 Å². The molecule has 0 amide bonds. The molecule has 0 aromatic heterocycles. The van der Waals surface area contributed by atoms with Crippen LogP contribution in [0.4, 0.5) is 13.2 Å². The van der Waals surface area contributed by atoms with Gasteiger partial charge in [0.25, 0.3) is 0 Å². The van der Waals surface area contributed by atoms with Gasteiger partial charge in [-0.3, -0.25) is 4.79 Å². The SMILES string of the molecule is CN1CCC(C(C(=O)O)c2ccc(C(F)(F)F)cc2)C1. The highest BCUT2D eigenvalue weighted by Crippen LogP contribution is 2.34. The van der Waals surface area contributed by atoms with Crippen LogP contribution in [0.15, 0.2) is 24.3 Å². The Balaban J connectivity index is 2.24. The van der Waals surface area contributed by atoms with E-state index in [2.05, 4.69) is 0 Å². The van der Waals surface area contributed by atoms with E-state index in [0.717, 1.165) is 25.1 Å². The van der Waals surface area contributed by atoms with Gasteiger partial charge in [-0.2, -0.15) is 13.2 Å². The van der Waals surface area contributed by atoms with E-state index >= 15 is 0 Å². The normalized spacial score (nSPS) is 21.9. The largest absolute Gasteiger partial charge is 0.481 e. The van der Waals surface area contributed by atoms with Gasteiger partial charge in [0, 0.05) is 6.54 Å². The topological polar surface area (TPSA) is 40.5 Å². The maximum absolute atomic E-state index is 12.5. The number of hydrogen-bond donors (Lipinski definition) is 1. The van der Waals surface area contributed by atoms with Gasteiger partial charge in [-0.15, -0.1) is 0 Å². The Kier molecular flexibility index (Phi) is 4.04. The smallest absolute Gasteiger partial charge is 0.416 e. The zero-order valence-corrected chi connectivity index (χ0v) is 11.0. The summed E-state index contributed by atoms with van der Waals surface area (Å²) in [4.78, 5) is 13.5. The van der Waals surface area contributed by atoms with Crippen LogP contribution in [0.3, 0.4) is 0 Å². The quantitative estimate of drug-likeness (QED) is 0.929. The molecule has 0 radical (unpaired) electrons. The second-order valence-corrected chi connectivity index (χ2v) is 5.25. The van der Waals surface area contributed by atoms with Gasteiger partial charge in [0.15, 0.2) is 0 Å². The van der Waals surface area contributed by atoms with Gasteiger partial charge >= 0.3 is 12.1 Å². The zero-order chi connectivity index (χ0) is 14.9. The van der Waals surface area contributed by atoms with E-state index in [9.17, 15) is 23.1 Å². The summed E-state index contributed by atoms with van der Waals surface area (Å²) in [5.41, 5.74) is -0.320. The molecule has 0 spiro atoms. The zero-order valence-electron chi connectivity index (χ0n) is 11.0. The van der Waals surface area contributed by atoms with Crippen molar-refractivity contribution in [1.29, 1.82) is 0 Å². The van der Waals surface area contributed by atoms with E-state index in [1.54, 1.807) is 0 Å². The first-order chi connectivity index (χ1) is 9.29. The van der Waals surface area contributed by atoms with E-state index < -0.39 is 23.6 Å². The summed E-state index contributed by atoms with van der Waals surface area (Å²) < 4.78 is 37.5. The van der Waals surface area contributed by atoms with E-state index in [1.807, 2.05) is 11.9 Å². The van der Waals surface area contributed by atoms with Crippen molar-refractivity contribution in [3.05, 3.63) is 35.4 Å². The summed E-state index contributed by atoms with van der Waals surface area (Å²) in [7, 11) is 1.91. The van der Waals surface area contributed by atoms with Crippen LogP contribution < -0.4 is 0 Å². The van der Waals surface area contributed by atoms with Gasteiger partial charge in [-0.25, -0.2) is 0 Å². The molecule has 6 heteroatoms. The molecule has 1 aliphatic rings. The Morgan fingerprint density at radius 1 is 1.35 bits per heavy atom. The van der Waals surface area contributed by atoms with Crippen molar-refractivity contribution in [2.24, 2.45) is 5.92 Å². The molecule has 1 aliphatic heterocycles. The molecule has 2 rings (SSSR count). The van der Waals surface area contributed by atoms with Crippen LogP contribution in [0.25, 0.3) is 0 Å². The molecule has 3 nitrogen and oxygen atoms in total. The molecule has 1 fully saturated rings. The number of carboxylic acids is 1. The Hall–Kier alpha value is -1.56. The number of alkyl halides is 3. The number of aliphatic carboxylic acids is 1. The monoisotopic (exact) mass is 287 g/mol. The third-order valence-corrected chi connectivity index (χ3v) is 3.76. The number of halogens is 3. The fourth-order valence-electron chi connectivity index (χ4n) is 2.74. The highest BCUT2D eigenvalue weighted by Gasteiger charge is 2.35. The van der Waals surface area contributed by atoms with Gasteiger partial charge in [0.2, 0.25) is 0 Å². The lowest BCUT2D eigenvalue weighted by atomic mass is 9.85. The first-order valence-electron chi connectivity index (χ1n) is 6.37. The molecule has 20 heavy (non-hydrogen) atoms. The molecule has 2 unspecified atom stereocenters. The first kappa shape index (κ1) is 14.8. The predicted molar refractivity (Wildman–Crippen MR) is 67.4 cm³/mol. The van der Waals surface area contributed by atoms with Crippen LogP contribution in [0.2, 0.25) is 0 Å². The highest BCUT2D eigenvalue weighted by atomic mass is 19.4. The molecule has 0 bridgehead atoms. The average Bonchev–Trinajstić information content (AvgIpc) is 2.75. The standard InChI is InChI=1S/C14H16F3NO2/c1-18-7-6-10(8-18)12(13(19)20)9-2-4-11(5-3-9)14(15,16)17/h2-5,10,12H,6-8H2,1H3,(H,19,20). The number of hydrogen-bond acceptors (Lipinski definition) is 2. The van der Waals surface area contributed by atoms with Crippen molar-refractivity contribution in [3.63, 3.8) is 0 Å². The summed E-state index contributed by atoms with van der Waals surface area (Å²) in [6.45, 7) is 1.47. The third kappa shape index (κ3) is 3.12. The van der Waals surface area contributed by atoms with Gasteiger partial charge < -0.3 is 10.0 Å². The fourth-order valence-corrected chi connectivity index (χ4v) is 2.74. The second-order valence-electron chi connectivity index (χ2n) is 5.25. The lowest BCUT2D eigenvalue weighted by Crippen LogP contribution is -2.24. The number of rotatable bonds is 3. The summed E-state index contributed by atoms with van der Waals surface area (Å²) >= 11 is 0. The van der Waals surface area contributed by atoms with Crippen LogP contribution in [0.5, 0.6) is 0 Å². The number of carbonyl (C=O) groups is 1. The van der Waals surface area contributed by atoms with E-state index in [1.165, 1.54) is 12.1 Å². The molecule has 2 atom stereocenters. The Morgan fingerprint density at radius 3 is 2.35 bits per heavy atom. The van der Waals surface area contributed by atoms with Crippen LogP contribution in [-0.2, 0) is 11.0 Å². The number of carboxylic acid groups (broad SMARTS) is 1. The molecule has 1 saturated heterocycles. The van der Waals surface area contributed by atoms with Crippen molar-refractivity contribution in [2.75, 3.05) is 20.1 Å². The number of likely N-dealkylation sites (tertiary alicyclic amines) is 1. The first-order valence-corrected chi connectivity index (χ1v) is 6.37. The fraction of sp³-hybridized carbons (Fsp3) is 0.500. The summed E-state index contributed by atoms with van der Waals surface area (Å²) in [5, 5.41) is 9.36. The minimum atomic E-state index is -4.40. The second kappa shape index (κ2) is 5.44. The molecule has 0 aliphatic carbocycles. The third-order valence-electron chi connectivity index (χ3n) is 3.76. The van der Waals surface area contributed by atoms with Crippen LogP contribution in [0.1, 0.15) is 23.5 Å². The highest BCUT2D eigenvalue weighted by molar-refractivity contribution is 5.76. The minimum Gasteiger partial charge on any atom is -0.481 e. The van der Waals surface area contributed by atoms with Crippen LogP contribution in [0, 0.1) is 5.92 Å². The van der Waals surface area contributed by atoms with Gasteiger partial charge in [-0.1, -0.05) is 12.1 Å². The molecule has 1 aromatic carbocycles. The Morgan fingerprint density at radius 2 is 1.95 bits per heavy atom. The molecule has 1 N–H and O–H groups in total. The van der Waals surface area contributed by atoms with Crippen molar-refractivity contribution in [3.8, 4) is 0 Å². The van der Waals surface area contributed by atoms with Gasteiger partial charge in [0.1, 0.15) is 0 Å². The minimum absolute atomic E-state index is 0.0609. The lowest BCUT2D eigenvalue weighted by Gasteiger charge is -2.20. The molecule has 1 aromatic rings.